The van der Waals surface area contributed by atoms with Crippen molar-refractivity contribution >= 4 is 40.7 Å². The molecule has 1 aliphatic rings. The molecule has 1 unspecified atom stereocenters. The molecule has 110 valence electrons. The molecular weight excluding hydrogens is 303 g/mol. The van der Waals surface area contributed by atoms with E-state index in [0.717, 1.165) is 0 Å². The van der Waals surface area contributed by atoms with E-state index >= 15 is 0 Å². The standard InChI is InChI=1S/C12H16Cl2N4O2/c1-15-10-7(13)5-8(14)11(17-10)18-3-4-20-6-9(18)12(19)16-2/h5,9H,3-4,6H2,1-2H3,(H,15,17)(H,16,19). The first-order valence-electron chi connectivity index (χ1n) is 6.18. The molecule has 0 bridgehead atoms. The number of aromatic nitrogens is 1. The Hall–Kier alpha value is -1.24. The van der Waals surface area contributed by atoms with Gasteiger partial charge in [-0.3, -0.25) is 4.79 Å². The fraction of sp³-hybridized carbons (Fsp3) is 0.500. The predicted octanol–water partition coefficient (Wildman–Crippen LogP) is 1.38. The molecule has 1 aromatic rings. The molecule has 20 heavy (non-hydrogen) atoms. The molecule has 1 aliphatic heterocycles. The highest BCUT2D eigenvalue weighted by Crippen LogP contribution is 2.32. The number of halogens is 2. The molecule has 0 saturated carbocycles. The maximum absolute atomic E-state index is 11.9. The number of anilines is 2. The molecule has 1 saturated heterocycles. The van der Waals surface area contributed by atoms with Crippen LogP contribution in [0.3, 0.4) is 0 Å². The number of hydrogen-bond acceptors (Lipinski definition) is 5. The monoisotopic (exact) mass is 318 g/mol. The van der Waals surface area contributed by atoms with Gasteiger partial charge in [0, 0.05) is 20.6 Å². The minimum Gasteiger partial charge on any atom is -0.377 e. The van der Waals surface area contributed by atoms with Gasteiger partial charge in [-0.15, -0.1) is 0 Å². The molecule has 0 radical (unpaired) electrons. The Labute approximate surface area is 127 Å². The Morgan fingerprint density at radius 2 is 2.20 bits per heavy atom. The van der Waals surface area contributed by atoms with Gasteiger partial charge >= 0.3 is 0 Å². The van der Waals surface area contributed by atoms with Gasteiger partial charge in [-0.05, 0) is 6.07 Å². The zero-order valence-electron chi connectivity index (χ0n) is 11.2. The van der Waals surface area contributed by atoms with Crippen molar-refractivity contribution in [2.75, 3.05) is 44.1 Å². The van der Waals surface area contributed by atoms with Crippen molar-refractivity contribution in [2.24, 2.45) is 0 Å². The number of likely N-dealkylation sites (N-methyl/N-ethyl adjacent to an activating group) is 1. The first kappa shape index (κ1) is 15.2. The van der Waals surface area contributed by atoms with Crippen molar-refractivity contribution in [1.29, 1.82) is 0 Å². The van der Waals surface area contributed by atoms with Gasteiger partial charge in [0.25, 0.3) is 0 Å². The van der Waals surface area contributed by atoms with E-state index in [-0.39, 0.29) is 5.91 Å². The topological polar surface area (TPSA) is 66.5 Å². The number of carbonyl (C=O) groups is 1. The molecule has 0 aliphatic carbocycles. The van der Waals surface area contributed by atoms with E-state index < -0.39 is 6.04 Å². The molecule has 1 fully saturated rings. The zero-order chi connectivity index (χ0) is 14.7. The maximum Gasteiger partial charge on any atom is 0.244 e. The van der Waals surface area contributed by atoms with Crippen LogP contribution in [0.2, 0.25) is 10.0 Å². The van der Waals surface area contributed by atoms with Gasteiger partial charge in [-0.25, -0.2) is 4.98 Å². The lowest BCUT2D eigenvalue weighted by atomic mass is 10.2. The average Bonchev–Trinajstić information content (AvgIpc) is 2.47. The molecule has 0 aromatic carbocycles. The van der Waals surface area contributed by atoms with Gasteiger partial charge in [0.1, 0.15) is 11.9 Å². The fourth-order valence-electron chi connectivity index (χ4n) is 2.07. The van der Waals surface area contributed by atoms with Crippen molar-refractivity contribution < 1.29 is 9.53 Å². The largest absolute Gasteiger partial charge is 0.377 e. The summed E-state index contributed by atoms with van der Waals surface area (Å²) in [6.45, 7) is 1.35. The highest BCUT2D eigenvalue weighted by atomic mass is 35.5. The van der Waals surface area contributed by atoms with Crippen molar-refractivity contribution in [2.45, 2.75) is 6.04 Å². The van der Waals surface area contributed by atoms with Crippen LogP contribution in [0.15, 0.2) is 6.07 Å². The molecule has 2 N–H and O–H groups in total. The van der Waals surface area contributed by atoms with Crippen molar-refractivity contribution in [1.82, 2.24) is 10.3 Å². The Kier molecular flexibility index (Phi) is 4.91. The number of nitrogens with one attached hydrogen (secondary N) is 2. The van der Waals surface area contributed by atoms with Crippen LogP contribution in [0.25, 0.3) is 0 Å². The summed E-state index contributed by atoms with van der Waals surface area (Å²) >= 11 is 12.3. The first-order valence-corrected chi connectivity index (χ1v) is 6.93. The van der Waals surface area contributed by atoms with Crippen molar-refractivity contribution in [3.05, 3.63) is 16.1 Å². The Morgan fingerprint density at radius 1 is 1.45 bits per heavy atom. The molecule has 6 nitrogen and oxygen atoms in total. The summed E-state index contributed by atoms with van der Waals surface area (Å²) in [5.74, 6) is 0.911. The third-order valence-electron chi connectivity index (χ3n) is 3.10. The van der Waals surface area contributed by atoms with E-state index in [1.165, 1.54) is 0 Å². The summed E-state index contributed by atoms with van der Waals surface area (Å²) in [5, 5.41) is 6.36. The number of amides is 1. The third kappa shape index (κ3) is 2.92. The summed E-state index contributed by atoms with van der Waals surface area (Å²) < 4.78 is 5.36. The van der Waals surface area contributed by atoms with E-state index in [2.05, 4.69) is 15.6 Å². The Bertz CT molecular complexity index is 512. The van der Waals surface area contributed by atoms with Crippen molar-refractivity contribution in [3.8, 4) is 0 Å². The van der Waals surface area contributed by atoms with Gasteiger partial charge in [0.05, 0.1) is 23.3 Å². The summed E-state index contributed by atoms with van der Waals surface area (Å²) in [6.07, 6.45) is 0. The number of pyridine rings is 1. The second-order valence-corrected chi connectivity index (χ2v) is 5.09. The number of ether oxygens (including phenoxy) is 1. The molecule has 2 rings (SSSR count). The number of nitrogens with zero attached hydrogens (tertiary/aromatic N) is 2. The van der Waals surface area contributed by atoms with Crippen molar-refractivity contribution in [3.63, 3.8) is 0 Å². The molecule has 1 atom stereocenters. The summed E-state index contributed by atoms with van der Waals surface area (Å²) in [7, 11) is 3.31. The van der Waals surface area contributed by atoms with Crippen LogP contribution in [-0.2, 0) is 9.53 Å². The maximum atomic E-state index is 11.9. The van der Waals surface area contributed by atoms with Crippen LogP contribution >= 0.6 is 23.2 Å². The van der Waals surface area contributed by atoms with E-state index in [1.807, 2.05) is 4.90 Å². The zero-order valence-corrected chi connectivity index (χ0v) is 12.8. The van der Waals surface area contributed by atoms with Crippen LogP contribution < -0.4 is 15.5 Å². The second-order valence-electron chi connectivity index (χ2n) is 4.27. The SMILES string of the molecule is CNC(=O)C1COCCN1c1nc(NC)c(Cl)cc1Cl. The molecule has 0 spiro atoms. The Morgan fingerprint density at radius 3 is 2.85 bits per heavy atom. The lowest BCUT2D eigenvalue weighted by Crippen LogP contribution is -2.53. The van der Waals surface area contributed by atoms with E-state index in [9.17, 15) is 4.79 Å². The van der Waals surface area contributed by atoms with Gasteiger partial charge < -0.3 is 20.3 Å². The van der Waals surface area contributed by atoms with Crippen LogP contribution in [0.5, 0.6) is 0 Å². The van der Waals surface area contributed by atoms with Gasteiger partial charge in [0.15, 0.2) is 5.82 Å². The van der Waals surface area contributed by atoms with Crippen LogP contribution in [0.1, 0.15) is 0 Å². The van der Waals surface area contributed by atoms with Crippen LogP contribution in [0, 0.1) is 0 Å². The first-order chi connectivity index (χ1) is 9.58. The summed E-state index contributed by atoms with van der Waals surface area (Å²) in [4.78, 5) is 18.2. The van der Waals surface area contributed by atoms with Crippen LogP contribution in [-0.4, -0.2) is 50.8 Å². The number of carbonyl (C=O) groups excluding carboxylic acids is 1. The molecule has 1 amide bonds. The third-order valence-corrected chi connectivity index (χ3v) is 3.66. The van der Waals surface area contributed by atoms with Gasteiger partial charge in [-0.2, -0.15) is 0 Å². The van der Waals surface area contributed by atoms with E-state index in [0.29, 0.717) is 41.4 Å². The lowest BCUT2D eigenvalue weighted by Gasteiger charge is -2.35. The lowest BCUT2D eigenvalue weighted by molar-refractivity contribution is -0.124. The van der Waals surface area contributed by atoms with Gasteiger partial charge in [0.2, 0.25) is 5.91 Å². The quantitative estimate of drug-likeness (QED) is 0.881. The summed E-state index contributed by atoms with van der Waals surface area (Å²) in [5.41, 5.74) is 0. The minimum atomic E-state index is -0.454. The number of hydrogen-bond donors (Lipinski definition) is 2. The molecule has 8 heteroatoms. The van der Waals surface area contributed by atoms with Crippen LogP contribution in [0.4, 0.5) is 11.6 Å². The number of rotatable bonds is 3. The number of morpholine rings is 1. The van der Waals surface area contributed by atoms with E-state index in [1.54, 1.807) is 20.2 Å². The molecule has 2 heterocycles. The summed E-state index contributed by atoms with van der Waals surface area (Å²) in [6, 6.07) is 1.16. The highest BCUT2D eigenvalue weighted by Gasteiger charge is 2.31. The van der Waals surface area contributed by atoms with Gasteiger partial charge in [-0.1, -0.05) is 23.2 Å². The normalized spacial score (nSPS) is 18.8. The molecular formula is C12H16Cl2N4O2. The smallest absolute Gasteiger partial charge is 0.244 e. The highest BCUT2D eigenvalue weighted by molar-refractivity contribution is 6.37. The fourth-order valence-corrected chi connectivity index (χ4v) is 2.64. The average molecular weight is 319 g/mol. The Balaban J connectivity index is 2.39. The molecule has 1 aromatic heterocycles. The second kappa shape index (κ2) is 6.47. The van der Waals surface area contributed by atoms with E-state index in [4.69, 9.17) is 27.9 Å². The predicted molar refractivity (Wildman–Crippen MR) is 79.8 cm³/mol. The minimum absolute atomic E-state index is 0.136.